The predicted molar refractivity (Wildman–Crippen MR) is 111 cm³/mol. The Balaban J connectivity index is 1.37. The van der Waals surface area contributed by atoms with Crippen LogP contribution in [0.5, 0.6) is 5.75 Å². The molecule has 0 radical (unpaired) electrons. The van der Waals surface area contributed by atoms with Crippen LogP contribution in [-0.2, 0) is 11.2 Å². The summed E-state index contributed by atoms with van der Waals surface area (Å²) in [4.78, 5) is 28.2. The largest absolute Gasteiger partial charge is 0.497 e. The van der Waals surface area contributed by atoms with Gasteiger partial charge < -0.3 is 19.9 Å². The monoisotopic (exact) mass is 408 g/mol. The molecule has 0 saturated heterocycles. The first-order valence-electron chi connectivity index (χ1n) is 9.64. The number of aryl methyl sites for hydroxylation is 2. The topological polar surface area (TPSA) is 106 Å². The molecular weight excluding hydrogens is 384 g/mol. The van der Waals surface area contributed by atoms with E-state index in [1.54, 1.807) is 7.11 Å². The Morgan fingerprint density at radius 3 is 2.40 bits per heavy atom. The maximum absolute atomic E-state index is 12.1. The van der Waals surface area contributed by atoms with E-state index in [2.05, 4.69) is 20.8 Å². The minimum Gasteiger partial charge on any atom is -0.497 e. The van der Waals surface area contributed by atoms with Gasteiger partial charge >= 0.3 is 11.8 Å². The van der Waals surface area contributed by atoms with E-state index in [1.165, 1.54) is 0 Å². The Morgan fingerprint density at radius 2 is 1.70 bits per heavy atom. The summed E-state index contributed by atoms with van der Waals surface area (Å²) in [6.07, 6.45) is 0.996. The fraction of sp³-hybridized carbons (Fsp3) is 0.273. The maximum atomic E-state index is 12.1. The van der Waals surface area contributed by atoms with Gasteiger partial charge in [0.15, 0.2) is 0 Å². The zero-order valence-electron chi connectivity index (χ0n) is 17.0. The van der Waals surface area contributed by atoms with Gasteiger partial charge in [-0.1, -0.05) is 47.1 Å². The Kier molecular flexibility index (Phi) is 7.15. The number of rotatable bonds is 9. The highest BCUT2D eigenvalue weighted by Crippen LogP contribution is 2.16. The van der Waals surface area contributed by atoms with Crippen molar-refractivity contribution in [2.24, 2.45) is 0 Å². The lowest BCUT2D eigenvalue weighted by molar-refractivity contribution is -0.121. The molecule has 0 fully saturated rings. The van der Waals surface area contributed by atoms with Crippen LogP contribution in [0.1, 0.15) is 28.2 Å². The fourth-order valence-electron chi connectivity index (χ4n) is 2.73. The smallest absolute Gasteiger partial charge is 0.316 e. The second kappa shape index (κ2) is 10.2. The molecule has 3 aromatic rings. The third kappa shape index (κ3) is 5.91. The van der Waals surface area contributed by atoms with Gasteiger partial charge in [0.05, 0.1) is 7.11 Å². The number of hydrogen-bond acceptors (Lipinski definition) is 6. The Bertz CT molecular complexity index is 981. The SMILES string of the molecule is COc1ccc(CCC(=O)NCCNC(=O)c2nc(-c3ccc(C)cc3)no2)cc1. The summed E-state index contributed by atoms with van der Waals surface area (Å²) in [7, 11) is 1.61. The summed E-state index contributed by atoms with van der Waals surface area (Å²) >= 11 is 0. The first kappa shape index (κ1) is 21.0. The van der Waals surface area contributed by atoms with Crippen LogP contribution in [0, 0.1) is 6.92 Å². The Morgan fingerprint density at radius 1 is 1.00 bits per heavy atom. The molecule has 3 rings (SSSR count). The molecule has 0 saturated carbocycles. The molecule has 0 aliphatic rings. The molecule has 0 aliphatic heterocycles. The standard InChI is InChI=1S/C22H24N4O4/c1-15-3-8-17(9-4-15)20-25-22(30-26-20)21(28)24-14-13-23-19(27)12-7-16-5-10-18(29-2)11-6-16/h3-6,8-11H,7,12-14H2,1-2H3,(H,23,27)(H,24,28). The van der Waals surface area contributed by atoms with E-state index >= 15 is 0 Å². The van der Waals surface area contributed by atoms with Gasteiger partial charge in [-0.05, 0) is 31.0 Å². The molecule has 8 nitrogen and oxygen atoms in total. The summed E-state index contributed by atoms with van der Waals surface area (Å²) in [6, 6.07) is 15.2. The summed E-state index contributed by atoms with van der Waals surface area (Å²) in [5, 5.41) is 9.26. The summed E-state index contributed by atoms with van der Waals surface area (Å²) < 4.78 is 10.1. The zero-order valence-corrected chi connectivity index (χ0v) is 17.0. The number of nitrogens with one attached hydrogen (secondary N) is 2. The molecule has 0 bridgehead atoms. The number of benzene rings is 2. The van der Waals surface area contributed by atoms with Gasteiger partial charge in [-0.2, -0.15) is 4.98 Å². The van der Waals surface area contributed by atoms with Gasteiger partial charge in [-0.25, -0.2) is 0 Å². The lowest BCUT2D eigenvalue weighted by Crippen LogP contribution is -2.34. The number of methoxy groups -OCH3 is 1. The van der Waals surface area contributed by atoms with Crippen molar-refractivity contribution < 1.29 is 18.8 Å². The van der Waals surface area contributed by atoms with Crippen LogP contribution in [0.3, 0.4) is 0 Å². The molecular formula is C22H24N4O4. The number of carbonyl (C=O) groups excluding carboxylic acids is 2. The lowest BCUT2D eigenvalue weighted by Gasteiger charge is -2.06. The molecule has 8 heteroatoms. The number of aromatic nitrogens is 2. The van der Waals surface area contributed by atoms with Crippen molar-refractivity contribution in [1.82, 2.24) is 20.8 Å². The third-order valence-electron chi connectivity index (χ3n) is 4.46. The predicted octanol–water partition coefficient (Wildman–Crippen LogP) is 2.53. The van der Waals surface area contributed by atoms with Gasteiger partial charge in [0.1, 0.15) is 5.75 Å². The van der Waals surface area contributed by atoms with Crippen molar-refractivity contribution in [3.63, 3.8) is 0 Å². The van der Waals surface area contributed by atoms with Crippen LogP contribution in [0.25, 0.3) is 11.4 Å². The first-order chi connectivity index (χ1) is 14.5. The van der Waals surface area contributed by atoms with Gasteiger partial charge in [0, 0.05) is 25.1 Å². The number of carbonyl (C=O) groups is 2. The minimum absolute atomic E-state index is 0.0838. The van der Waals surface area contributed by atoms with E-state index in [0.29, 0.717) is 25.2 Å². The molecule has 0 aliphatic carbocycles. The van der Waals surface area contributed by atoms with Crippen molar-refractivity contribution in [1.29, 1.82) is 0 Å². The number of amides is 2. The second-order valence-corrected chi connectivity index (χ2v) is 6.74. The quantitative estimate of drug-likeness (QED) is 0.527. The van der Waals surface area contributed by atoms with Crippen molar-refractivity contribution in [3.8, 4) is 17.1 Å². The van der Waals surface area contributed by atoms with Gasteiger partial charge in [-0.15, -0.1) is 0 Å². The number of hydrogen-bond donors (Lipinski definition) is 2. The average Bonchev–Trinajstić information content (AvgIpc) is 3.26. The first-order valence-corrected chi connectivity index (χ1v) is 9.64. The highest BCUT2D eigenvalue weighted by Gasteiger charge is 2.15. The molecule has 0 atom stereocenters. The number of ether oxygens (including phenoxy) is 1. The van der Waals surface area contributed by atoms with E-state index < -0.39 is 5.91 Å². The van der Waals surface area contributed by atoms with Crippen LogP contribution in [-0.4, -0.2) is 42.2 Å². The minimum atomic E-state index is -0.478. The molecule has 2 aromatic carbocycles. The highest BCUT2D eigenvalue weighted by molar-refractivity contribution is 5.89. The summed E-state index contributed by atoms with van der Waals surface area (Å²) in [5.74, 6) is 0.461. The van der Waals surface area contributed by atoms with Crippen molar-refractivity contribution >= 4 is 11.8 Å². The van der Waals surface area contributed by atoms with Crippen LogP contribution in [0.2, 0.25) is 0 Å². The Hall–Kier alpha value is -3.68. The average molecular weight is 408 g/mol. The molecule has 1 aromatic heterocycles. The maximum Gasteiger partial charge on any atom is 0.316 e. The second-order valence-electron chi connectivity index (χ2n) is 6.74. The van der Waals surface area contributed by atoms with E-state index in [1.807, 2.05) is 55.5 Å². The number of nitrogens with zero attached hydrogens (tertiary/aromatic N) is 2. The van der Waals surface area contributed by atoms with E-state index in [-0.39, 0.29) is 18.3 Å². The summed E-state index contributed by atoms with van der Waals surface area (Å²) in [5.41, 5.74) is 2.94. The van der Waals surface area contributed by atoms with E-state index in [4.69, 9.17) is 9.26 Å². The van der Waals surface area contributed by atoms with Crippen LogP contribution in [0.15, 0.2) is 53.1 Å². The normalized spacial score (nSPS) is 10.5. The van der Waals surface area contributed by atoms with Gasteiger partial charge in [-0.3, -0.25) is 9.59 Å². The molecule has 2 amide bonds. The molecule has 156 valence electrons. The van der Waals surface area contributed by atoms with Crippen molar-refractivity contribution in [2.75, 3.05) is 20.2 Å². The molecule has 1 heterocycles. The fourth-order valence-corrected chi connectivity index (χ4v) is 2.73. The molecule has 0 unspecified atom stereocenters. The van der Waals surface area contributed by atoms with Crippen LogP contribution < -0.4 is 15.4 Å². The summed E-state index contributed by atoms with van der Waals surface area (Å²) in [6.45, 7) is 2.55. The van der Waals surface area contributed by atoms with Crippen LogP contribution >= 0.6 is 0 Å². The third-order valence-corrected chi connectivity index (χ3v) is 4.46. The molecule has 0 spiro atoms. The molecule has 30 heavy (non-hydrogen) atoms. The zero-order chi connectivity index (χ0) is 21.3. The lowest BCUT2D eigenvalue weighted by atomic mass is 10.1. The van der Waals surface area contributed by atoms with Crippen molar-refractivity contribution in [3.05, 3.63) is 65.5 Å². The molecule has 2 N–H and O–H groups in total. The highest BCUT2D eigenvalue weighted by atomic mass is 16.5. The van der Waals surface area contributed by atoms with E-state index in [0.717, 1.165) is 22.4 Å². The van der Waals surface area contributed by atoms with Crippen LogP contribution in [0.4, 0.5) is 0 Å². The van der Waals surface area contributed by atoms with Gasteiger partial charge in [0.2, 0.25) is 11.7 Å². The Labute approximate surface area is 174 Å². The van der Waals surface area contributed by atoms with E-state index in [9.17, 15) is 9.59 Å². The van der Waals surface area contributed by atoms with Crippen molar-refractivity contribution in [2.45, 2.75) is 19.8 Å². The van der Waals surface area contributed by atoms with Gasteiger partial charge in [0.25, 0.3) is 0 Å².